The molecule has 0 aromatic heterocycles. The number of nitrogens with zero attached hydrogens (tertiary/aromatic N) is 1. The summed E-state index contributed by atoms with van der Waals surface area (Å²) in [6.07, 6.45) is 16.8. The number of hydrogen-bond donors (Lipinski definition) is 1. The van der Waals surface area contributed by atoms with Crippen LogP contribution < -0.4 is 0 Å². The summed E-state index contributed by atoms with van der Waals surface area (Å²) in [5, 5.41) is 11.0. The molecule has 0 radical (unpaired) electrons. The molecule has 0 aliphatic carbocycles. The van der Waals surface area contributed by atoms with E-state index in [1.165, 1.54) is 70.6 Å². The first-order valence-electron chi connectivity index (χ1n) is 13.8. The summed E-state index contributed by atoms with van der Waals surface area (Å²) in [7, 11) is 0. The lowest BCUT2D eigenvalue weighted by Crippen LogP contribution is -2.42. The van der Waals surface area contributed by atoms with E-state index in [4.69, 9.17) is 4.74 Å². The lowest BCUT2D eigenvalue weighted by Gasteiger charge is -2.32. The first-order chi connectivity index (χ1) is 16.2. The van der Waals surface area contributed by atoms with Gasteiger partial charge in [0.25, 0.3) is 0 Å². The number of rotatable bonds is 19. The fraction of sp³-hybridized carbons (Fsp3) is 0.759. The van der Waals surface area contributed by atoms with Crippen LogP contribution in [0, 0.1) is 5.92 Å². The second-order valence-corrected chi connectivity index (χ2v) is 9.83. The molecular formula is C29H49NO3. The highest BCUT2D eigenvalue weighted by Crippen LogP contribution is 2.26. The number of aliphatic hydroxyl groups is 1. The smallest absolute Gasteiger partial charge is 0.140 e. The topological polar surface area (TPSA) is 49.8 Å². The van der Waals surface area contributed by atoms with Crippen LogP contribution in [0.25, 0.3) is 0 Å². The van der Waals surface area contributed by atoms with Crippen LogP contribution in [-0.2, 0) is 9.53 Å². The number of carbonyl (C=O) groups is 1. The summed E-state index contributed by atoms with van der Waals surface area (Å²) in [4.78, 5) is 15.4. The van der Waals surface area contributed by atoms with Gasteiger partial charge in [0.2, 0.25) is 0 Å². The Hall–Kier alpha value is -1.23. The molecule has 4 heteroatoms. The van der Waals surface area contributed by atoms with Gasteiger partial charge in [0.1, 0.15) is 5.78 Å². The van der Waals surface area contributed by atoms with Crippen molar-refractivity contribution < 1.29 is 14.6 Å². The van der Waals surface area contributed by atoms with Crippen LogP contribution in [0.2, 0.25) is 0 Å². The van der Waals surface area contributed by atoms with E-state index in [9.17, 15) is 9.90 Å². The molecular weight excluding hydrogens is 410 g/mol. The van der Waals surface area contributed by atoms with Crippen LogP contribution in [0.4, 0.5) is 0 Å². The highest BCUT2D eigenvalue weighted by molar-refractivity contribution is 5.82. The van der Waals surface area contributed by atoms with Gasteiger partial charge in [0.15, 0.2) is 0 Å². The summed E-state index contributed by atoms with van der Waals surface area (Å²) >= 11 is 0. The predicted octanol–water partition coefficient (Wildman–Crippen LogP) is 6.72. The van der Waals surface area contributed by atoms with Gasteiger partial charge in [0.05, 0.1) is 25.2 Å². The summed E-state index contributed by atoms with van der Waals surface area (Å²) < 4.78 is 5.45. The molecule has 1 fully saturated rings. The van der Waals surface area contributed by atoms with Crippen molar-refractivity contribution in [1.82, 2.24) is 4.90 Å². The van der Waals surface area contributed by atoms with Gasteiger partial charge in [-0.25, -0.2) is 0 Å². The molecule has 188 valence electrons. The number of ether oxygens (including phenoxy) is 1. The quantitative estimate of drug-likeness (QED) is 0.233. The molecule has 1 N–H and O–H groups in total. The number of morpholine rings is 1. The Bertz CT molecular complexity index is 600. The van der Waals surface area contributed by atoms with Crippen molar-refractivity contribution in [3.8, 4) is 0 Å². The monoisotopic (exact) mass is 459 g/mol. The zero-order chi connectivity index (χ0) is 23.6. The van der Waals surface area contributed by atoms with Gasteiger partial charge in [-0.1, -0.05) is 114 Å². The van der Waals surface area contributed by atoms with E-state index >= 15 is 0 Å². The zero-order valence-corrected chi connectivity index (χ0v) is 21.2. The average molecular weight is 460 g/mol. The fourth-order valence-electron chi connectivity index (χ4n) is 4.82. The van der Waals surface area contributed by atoms with Crippen LogP contribution in [0.1, 0.15) is 108 Å². The van der Waals surface area contributed by atoms with Crippen molar-refractivity contribution in [1.29, 1.82) is 0 Å². The minimum absolute atomic E-state index is 0.209. The second-order valence-electron chi connectivity index (χ2n) is 9.83. The highest BCUT2D eigenvalue weighted by Gasteiger charge is 2.30. The molecule has 0 bridgehead atoms. The van der Waals surface area contributed by atoms with Crippen LogP contribution in [0.3, 0.4) is 0 Å². The number of carbonyl (C=O) groups excluding carboxylic acids is 1. The Morgan fingerprint density at radius 3 is 1.91 bits per heavy atom. The lowest BCUT2D eigenvalue weighted by atomic mass is 9.88. The predicted molar refractivity (Wildman–Crippen MR) is 137 cm³/mol. The Morgan fingerprint density at radius 2 is 1.36 bits per heavy atom. The summed E-state index contributed by atoms with van der Waals surface area (Å²) in [6, 6.07) is 9.66. The Morgan fingerprint density at radius 1 is 0.848 bits per heavy atom. The van der Waals surface area contributed by atoms with Crippen LogP contribution in [0.5, 0.6) is 0 Å². The summed E-state index contributed by atoms with van der Waals surface area (Å²) in [5.41, 5.74) is 0.842. The van der Waals surface area contributed by atoms with E-state index in [1.807, 2.05) is 30.3 Å². The van der Waals surface area contributed by atoms with E-state index in [2.05, 4.69) is 11.8 Å². The van der Waals surface area contributed by atoms with Crippen molar-refractivity contribution in [2.75, 3.05) is 32.8 Å². The summed E-state index contributed by atoms with van der Waals surface area (Å²) in [5.74, 6) is -0.149. The second kappa shape index (κ2) is 18.1. The first-order valence-corrected chi connectivity index (χ1v) is 13.8. The van der Waals surface area contributed by atoms with Crippen molar-refractivity contribution in [3.63, 3.8) is 0 Å². The molecule has 1 aliphatic rings. The van der Waals surface area contributed by atoms with Gasteiger partial charge in [0, 0.05) is 26.1 Å². The molecule has 2 atom stereocenters. The minimum Gasteiger partial charge on any atom is -0.388 e. The normalized spacial score (nSPS) is 16.5. The molecule has 1 heterocycles. The number of Topliss-reactive ketones (excluding diaryl/α,β-unsaturated/α-hetero) is 1. The molecule has 1 aromatic rings. The highest BCUT2D eigenvalue weighted by atomic mass is 16.5. The van der Waals surface area contributed by atoms with Crippen molar-refractivity contribution in [3.05, 3.63) is 35.9 Å². The van der Waals surface area contributed by atoms with Crippen LogP contribution in [0.15, 0.2) is 30.3 Å². The minimum atomic E-state index is -0.733. The molecule has 33 heavy (non-hydrogen) atoms. The van der Waals surface area contributed by atoms with Crippen molar-refractivity contribution in [2.45, 2.75) is 103 Å². The first kappa shape index (κ1) is 28.0. The maximum Gasteiger partial charge on any atom is 0.140 e. The van der Waals surface area contributed by atoms with E-state index < -0.39 is 6.10 Å². The Labute approximate surface area is 203 Å². The van der Waals surface area contributed by atoms with Gasteiger partial charge in [-0.05, 0) is 12.0 Å². The third kappa shape index (κ3) is 12.2. The van der Waals surface area contributed by atoms with E-state index in [0.29, 0.717) is 26.2 Å². The van der Waals surface area contributed by atoms with Crippen molar-refractivity contribution in [2.24, 2.45) is 5.92 Å². The van der Waals surface area contributed by atoms with Gasteiger partial charge >= 0.3 is 0 Å². The molecule has 0 spiro atoms. The van der Waals surface area contributed by atoms with E-state index in [-0.39, 0.29) is 11.7 Å². The maximum atomic E-state index is 13.1. The standard InChI is InChI=1S/C29H49NO3/c1-2-3-4-5-6-7-8-9-10-11-12-13-17-20-28(31)27(25-30-21-23-33-24-22-30)29(32)26-18-15-14-16-19-26/h14-16,18-19,27,29,32H,2-13,17,20-25H2,1H3. The van der Waals surface area contributed by atoms with Crippen LogP contribution >= 0.6 is 0 Å². The van der Waals surface area contributed by atoms with Gasteiger partial charge in [-0.2, -0.15) is 0 Å². The van der Waals surface area contributed by atoms with Gasteiger partial charge < -0.3 is 9.84 Å². The maximum absolute atomic E-state index is 13.1. The van der Waals surface area contributed by atoms with Crippen LogP contribution in [-0.4, -0.2) is 48.6 Å². The Balaban J connectivity index is 1.62. The third-order valence-corrected chi connectivity index (χ3v) is 7.02. The molecule has 4 nitrogen and oxygen atoms in total. The molecule has 0 saturated carbocycles. The van der Waals surface area contributed by atoms with Gasteiger partial charge in [-0.15, -0.1) is 0 Å². The Kier molecular flexibility index (Phi) is 15.4. The zero-order valence-electron chi connectivity index (χ0n) is 21.2. The fourth-order valence-corrected chi connectivity index (χ4v) is 4.82. The van der Waals surface area contributed by atoms with E-state index in [0.717, 1.165) is 31.5 Å². The lowest BCUT2D eigenvalue weighted by molar-refractivity contribution is -0.128. The van der Waals surface area contributed by atoms with E-state index in [1.54, 1.807) is 0 Å². The number of unbranched alkanes of at least 4 members (excludes halogenated alkanes) is 12. The number of ketones is 1. The third-order valence-electron chi connectivity index (χ3n) is 7.02. The number of benzene rings is 1. The number of hydrogen-bond acceptors (Lipinski definition) is 4. The molecule has 2 rings (SSSR count). The largest absolute Gasteiger partial charge is 0.388 e. The molecule has 0 amide bonds. The summed E-state index contributed by atoms with van der Waals surface area (Å²) in [6.45, 7) is 5.99. The van der Waals surface area contributed by atoms with Gasteiger partial charge in [-0.3, -0.25) is 9.69 Å². The molecule has 1 aromatic carbocycles. The SMILES string of the molecule is CCCCCCCCCCCCCCCC(=O)C(CN1CCOCC1)C(O)c1ccccc1. The molecule has 1 aliphatic heterocycles. The average Bonchev–Trinajstić information content (AvgIpc) is 2.86. The van der Waals surface area contributed by atoms with Crippen molar-refractivity contribution >= 4 is 5.78 Å². The number of aliphatic hydroxyl groups excluding tert-OH is 1. The molecule has 1 saturated heterocycles. The molecule has 2 unspecified atom stereocenters.